The number of nitrogens with zero attached hydrogens (tertiary/aromatic N) is 2. The summed E-state index contributed by atoms with van der Waals surface area (Å²) in [6, 6.07) is 8.80. The lowest BCUT2D eigenvalue weighted by Gasteiger charge is -2.20. The van der Waals surface area contributed by atoms with E-state index in [0.29, 0.717) is 77.3 Å². The Balaban J connectivity index is 1.91. The van der Waals surface area contributed by atoms with E-state index in [-0.39, 0.29) is 70.8 Å². The molecule has 0 fully saturated rings. The molecule has 2 aromatic rings. The quantitative estimate of drug-likeness (QED) is 0.0121. The van der Waals surface area contributed by atoms with Crippen LogP contribution in [0.25, 0.3) is 0 Å². The van der Waals surface area contributed by atoms with Crippen molar-refractivity contribution >= 4 is 68.5 Å². The molecule has 0 spiro atoms. The van der Waals surface area contributed by atoms with Crippen molar-refractivity contribution in [1.29, 1.82) is 0 Å². The minimum absolute atomic E-state index is 0.107. The molecule has 4 N–H and O–H groups in total. The van der Waals surface area contributed by atoms with Crippen LogP contribution in [0.4, 0.5) is 11.4 Å². The zero-order valence-electron chi connectivity index (χ0n) is 41.2. The molecular formula is C50H76N6O12S2. The van der Waals surface area contributed by atoms with Gasteiger partial charge < -0.3 is 30.7 Å². The SMILES string of the molecule is CCCCCCCCCC(=O)N[C@@H](CSSC[C@H](NC(=O)CCCCCCCCC)C(=O)NCCCCCC(=O)Oc1ccc([N+](=O)[O-])cc1)C(=O)NCCCCCC(=O)Oc1ccc([N+](=O)[O-])cc1. The lowest BCUT2D eigenvalue weighted by Crippen LogP contribution is -2.49. The van der Waals surface area contributed by atoms with Gasteiger partial charge in [0, 0.05) is 74.5 Å². The van der Waals surface area contributed by atoms with Crippen molar-refractivity contribution in [2.45, 2.75) is 180 Å². The number of non-ortho nitro benzene ring substituents is 2. The highest BCUT2D eigenvalue weighted by atomic mass is 33.1. The first kappa shape index (κ1) is 60.9. The summed E-state index contributed by atoms with van der Waals surface area (Å²) in [5, 5.41) is 33.4. The molecule has 2 atom stereocenters. The molecule has 0 aliphatic carbocycles. The molecule has 0 unspecified atom stereocenters. The third-order valence-electron chi connectivity index (χ3n) is 11.1. The molecule has 0 aliphatic heterocycles. The molecule has 4 amide bonds. The maximum Gasteiger partial charge on any atom is 0.311 e. The molecule has 2 rings (SSSR count). The third-order valence-corrected chi connectivity index (χ3v) is 13.6. The molecule has 0 heterocycles. The summed E-state index contributed by atoms with van der Waals surface area (Å²) < 4.78 is 10.5. The molecule has 0 aliphatic rings. The van der Waals surface area contributed by atoms with Gasteiger partial charge in [0.05, 0.1) is 9.85 Å². The van der Waals surface area contributed by atoms with Gasteiger partial charge in [0.2, 0.25) is 23.6 Å². The van der Waals surface area contributed by atoms with Gasteiger partial charge in [-0.3, -0.25) is 49.0 Å². The minimum Gasteiger partial charge on any atom is -0.427 e. The molecular weight excluding hydrogens is 941 g/mol. The van der Waals surface area contributed by atoms with Crippen molar-refractivity contribution < 1.29 is 48.1 Å². The topological polar surface area (TPSA) is 255 Å². The van der Waals surface area contributed by atoms with Crippen LogP contribution in [0.1, 0.15) is 168 Å². The summed E-state index contributed by atoms with van der Waals surface area (Å²) in [5.41, 5.74) is -0.215. The summed E-state index contributed by atoms with van der Waals surface area (Å²) in [4.78, 5) is 98.3. The highest BCUT2D eigenvalue weighted by Crippen LogP contribution is 2.24. The van der Waals surface area contributed by atoms with Gasteiger partial charge in [-0.25, -0.2) is 0 Å². The van der Waals surface area contributed by atoms with Crippen LogP contribution in [0.5, 0.6) is 11.5 Å². The van der Waals surface area contributed by atoms with Crippen LogP contribution in [0.15, 0.2) is 48.5 Å². The first-order valence-electron chi connectivity index (χ1n) is 25.1. The Hall–Kier alpha value is -5.24. The molecule has 18 nitrogen and oxygen atoms in total. The molecule has 20 heteroatoms. The number of nitrogens with one attached hydrogen (secondary N) is 4. The number of nitro groups is 2. The van der Waals surface area contributed by atoms with Crippen LogP contribution < -0.4 is 30.7 Å². The number of esters is 2. The van der Waals surface area contributed by atoms with E-state index < -0.39 is 33.9 Å². The van der Waals surface area contributed by atoms with Crippen LogP contribution in [-0.4, -0.2) is 82.1 Å². The first-order chi connectivity index (χ1) is 33.8. The van der Waals surface area contributed by atoms with E-state index >= 15 is 0 Å². The summed E-state index contributed by atoms with van der Waals surface area (Å²) in [5.74, 6) is -1.24. The normalized spacial score (nSPS) is 11.7. The predicted molar refractivity (Wildman–Crippen MR) is 274 cm³/mol. The molecule has 70 heavy (non-hydrogen) atoms. The Morgan fingerprint density at radius 1 is 0.471 bits per heavy atom. The van der Waals surface area contributed by atoms with Gasteiger partial charge in [-0.15, -0.1) is 0 Å². The third kappa shape index (κ3) is 29.7. The van der Waals surface area contributed by atoms with Crippen LogP contribution in [0.2, 0.25) is 0 Å². The second kappa shape index (κ2) is 38.5. The van der Waals surface area contributed by atoms with Gasteiger partial charge in [0.25, 0.3) is 11.4 Å². The second-order valence-corrected chi connectivity index (χ2v) is 19.8. The van der Waals surface area contributed by atoms with Crippen molar-refractivity contribution in [3.05, 3.63) is 68.8 Å². The molecule has 0 bridgehead atoms. The van der Waals surface area contributed by atoms with Gasteiger partial charge in [-0.05, 0) is 62.8 Å². The number of carbonyl (C=O) groups is 6. The van der Waals surface area contributed by atoms with E-state index in [0.717, 1.165) is 51.4 Å². The lowest BCUT2D eigenvalue weighted by atomic mass is 10.1. The van der Waals surface area contributed by atoms with Crippen molar-refractivity contribution in [1.82, 2.24) is 21.3 Å². The van der Waals surface area contributed by atoms with Crippen molar-refractivity contribution in [3.8, 4) is 11.5 Å². The smallest absolute Gasteiger partial charge is 0.311 e. The monoisotopic (exact) mass is 1020 g/mol. The number of benzene rings is 2. The molecule has 0 saturated heterocycles. The van der Waals surface area contributed by atoms with Gasteiger partial charge in [-0.1, -0.05) is 125 Å². The average Bonchev–Trinajstić information content (AvgIpc) is 3.33. The number of carbonyl (C=O) groups excluding carboxylic acids is 6. The van der Waals surface area contributed by atoms with E-state index in [2.05, 4.69) is 35.1 Å². The number of unbranched alkanes of at least 4 members (excludes halogenated alkanes) is 16. The number of ether oxygens (including phenoxy) is 2. The fraction of sp³-hybridized carbons (Fsp3) is 0.640. The summed E-state index contributed by atoms with van der Waals surface area (Å²) >= 11 is 0. The zero-order chi connectivity index (χ0) is 51.2. The Labute approximate surface area is 421 Å². The summed E-state index contributed by atoms with van der Waals surface area (Å²) in [6.45, 7) is 4.96. The van der Waals surface area contributed by atoms with Crippen molar-refractivity contribution in [2.24, 2.45) is 0 Å². The van der Waals surface area contributed by atoms with Crippen LogP contribution in [0.3, 0.4) is 0 Å². The average molecular weight is 1020 g/mol. The zero-order valence-corrected chi connectivity index (χ0v) is 42.8. The van der Waals surface area contributed by atoms with Crippen molar-refractivity contribution in [3.63, 3.8) is 0 Å². The predicted octanol–water partition coefficient (Wildman–Crippen LogP) is 10.00. The number of rotatable bonds is 41. The van der Waals surface area contributed by atoms with E-state index in [1.807, 2.05) is 0 Å². The highest BCUT2D eigenvalue weighted by Gasteiger charge is 2.24. The second-order valence-electron chi connectivity index (χ2n) is 17.2. The van der Waals surface area contributed by atoms with Crippen LogP contribution >= 0.6 is 21.6 Å². The van der Waals surface area contributed by atoms with E-state index in [4.69, 9.17) is 9.47 Å². The Kier molecular flexibility index (Phi) is 33.5. The summed E-state index contributed by atoms with van der Waals surface area (Å²) in [7, 11) is 2.64. The fourth-order valence-electron chi connectivity index (χ4n) is 7.06. The Bertz CT molecular complexity index is 1740. The van der Waals surface area contributed by atoms with Crippen LogP contribution in [-0.2, 0) is 28.8 Å². The Morgan fingerprint density at radius 2 is 0.786 bits per heavy atom. The maximum atomic E-state index is 13.5. The maximum absolute atomic E-state index is 13.5. The molecule has 0 aromatic heterocycles. The molecule has 390 valence electrons. The highest BCUT2D eigenvalue weighted by molar-refractivity contribution is 8.76. The molecule has 2 aromatic carbocycles. The largest absolute Gasteiger partial charge is 0.427 e. The minimum atomic E-state index is -0.850. The van der Waals surface area contributed by atoms with Gasteiger partial charge in [0.15, 0.2) is 0 Å². The Morgan fingerprint density at radius 3 is 1.13 bits per heavy atom. The van der Waals surface area contributed by atoms with Crippen LogP contribution in [0, 0.1) is 20.2 Å². The van der Waals surface area contributed by atoms with Gasteiger partial charge >= 0.3 is 11.9 Å². The summed E-state index contributed by atoms with van der Waals surface area (Å²) in [6.07, 6.45) is 18.9. The van der Waals surface area contributed by atoms with Gasteiger partial charge in [-0.2, -0.15) is 0 Å². The number of amides is 4. The number of hydrogen-bond acceptors (Lipinski definition) is 14. The number of nitro benzene ring substituents is 2. The van der Waals surface area contributed by atoms with Crippen molar-refractivity contribution in [2.75, 3.05) is 24.6 Å². The van der Waals surface area contributed by atoms with E-state index in [9.17, 15) is 49.0 Å². The molecule has 0 saturated carbocycles. The van der Waals surface area contributed by atoms with E-state index in [1.165, 1.54) is 95.8 Å². The lowest BCUT2D eigenvalue weighted by molar-refractivity contribution is -0.385. The number of hydrogen-bond donors (Lipinski definition) is 4. The molecule has 0 radical (unpaired) electrons. The first-order valence-corrected chi connectivity index (χ1v) is 27.6. The van der Waals surface area contributed by atoms with E-state index in [1.54, 1.807) is 0 Å². The van der Waals surface area contributed by atoms with Gasteiger partial charge in [0.1, 0.15) is 23.6 Å². The standard InChI is InChI=1S/C50H76N6O12S2/c1-3-5-7-9-11-13-17-23-45(57)53-43(49(61)51-35-21-15-19-25-47(59)67-41-31-27-39(28-32-41)55(63)64)37-69-70-38-44(54-46(58)24-18-14-12-10-8-6-4-2)50(62)52-36-22-16-20-26-48(60)68-42-33-29-40(30-34-42)56(65)66/h27-34,43-44H,3-26,35-38H2,1-2H3,(H,51,61)(H,52,62)(H,53,57)(H,54,58)/t43-,44-/m0/s1. The fourth-order valence-corrected chi connectivity index (χ4v) is 9.39.